The van der Waals surface area contributed by atoms with E-state index < -0.39 is 0 Å². The average molecular weight is 204 g/mol. The van der Waals surface area contributed by atoms with Crippen LogP contribution in [0.4, 0.5) is 0 Å². The van der Waals surface area contributed by atoms with Crippen molar-refractivity contribution in [2.75, 3.05) is 0 Å². The summed E-state index contributed by atoms with van der Waals surface area (Å²) >= 11 is 0. The minimum absolute atomic E-state index is 1.28. The highest BCUT2D eigenvalue weighted by molar-refractivity contribution is 5.82. The van der Waals surface area contributed by atoms with E-state index in [1.54, 1.807) is 0 Å². The molecule has 0 saturated carbocycles. The topological polar surface area (TPSA) is 0 Å². The lowest BCUT2D eigenvalue weighted by atomic mass is 10.1. The van der Waals surface area contributed by atoms with Gasteiger partial charge in [0.05, 0.1) is 0 Å². The molecule has 0 unspecified atom stereocenters. The molecule has 0 heterocycles. The summed E-state index contributed by atoms with van der Waals surface area (Å²) in [6.07, 6.45) is 15.0. The maximum absolute atomic E-state index is 2.24. The van der Waals surface area contributed by atoms with Crippen LogP contribution in [0.5, 0.6) is 0 Å². The highest BCUT2D eigenvalue weighted by Gasteiger charge is 2.00. The van der Waals surface area contributed by atoms with Crippen molar-refractivity contribution >= 4 is 5.57 Å². The Labute approximate surface area is 96.3 Å². The minimum Gasteiger partial charge on any atom is -0.303 e. The Hall–Kier alpha value is -2.08. The summed E-state index contributed by atoms with van der Waals surface area (Å²) in [5, 5.41) is 0. The molecule has 2 aliphatic carbocycles. The first-order valence-electron chi connectivity index (χ1n) is 5.48. The molecule has 1 aromatic rings. The summed E-state index contributed by atoms with van der Waals surface area (Å²) in [7, 11) is 0. The SMILES string of the molecule is C1=C[CH-]C(=C2C=CC(c3ccccc3)=C2)[CH-]1. The van der Waals surface area contributed by atoms with Crippen LogP contribution in [-0.4, -0.2) is 0 Å². The van der Waals surface area contributed by atoms with Crippen LogP contribution in [-0.2, 0) is 0 Å². The number of allylic oxidation sites excluding steroid dienone is 8. The fraction of sp³-hybridized carbons (Fsp3) is 0. The molecule has 0 amide bonds. The smallest absolute Gasteiger partial charge is 0.0200 e. The van der Waals surface area contributed by atoms with E-state index in [1.807, 2.05) is 6.07 Å². The summed E-state index contributed by atoms with van der Waals surface area (Å²) in [5.41, 5.74) is 5.16. The number of rotatable bonds is 1. The first kappa shape index (κ1) is 9.17. The lowest BCUT2D eigenvalue weighted by Crippen LogP contribution is -1.81. The molecule has 0 N–H and O–H groups in total. The average Bonchev–Trinajstić information content (AvgIpc) is 3.01. The third kappa shape index (κ3) is 1.59. The Kier molecular flexibility index (Phi) is 2.19. The lowest BCUT2D eigenvalue weighted by Gasteiger charge is -2.17. The fourth-order valence-corrected chi connectivity index (χ4v) is 2.00. The molecule has 0 radical (unpaired) electrons. The minimum atomic E-state index is 1.28. The summed E-state index contributed by atoms with van der Waals surface area (Å²) < 4.78 is 0. The third-order valence-corrected chi connectivity index (χ3v) is 2.86. The van der Waals surface area contributed by atoms with Gasteiger partial charge in [0.2, 0.25) is 0 Å². The van der Waals surface area contributed by atoms with Gasteiger partial charge in [-0.25, -0.2) is 12.5 Å². The first-order valence-corrected chi connectivity index (χ1v) is 5.48. The molecule has 78 valence electrons. The van der Waals surface area contributed by atoms with Crippen molar-refractivity contribution in [1.29, 1.82) is 0 Å². The van der Waals surface area contributed by atoms with Gasteiger partial charge in [-0.05, 0) is 11.1 Å². The highest BCUT2D eigenvalue weighted by Crippen LogP contribution is 2.29. The second-order valence-electron chi connectivity index (χ2n) is 3.93. The molecule has 0 nitrogen and oxygen atoms in total. The van der Waals surface area contributed by atoms with E-state index >= 15 is 0 Å². The molecular weight excluding hydrogens is 192 g/mol. The molecule has 0 bridgehead atoms. The highest BCUT2D eigenvalue weighted by atomic mass is 14.1. The van der Waals surface area contributed by atoms with Crippen molar-refractivity contribution < 1.29 is 0 Å². The normalized spacial score (nSPS) is 17.4. The van der Waals surface area contributed by atoms with Gasteiger partial charge < -0.3 is 6.42 Å². The van der Waals surface area contributed by atoms with Gasteiger partial charge >= 0.3 is 0 Å². The van der Waals surface area contributed by atoms with E-state index in [1.165, 1.54) is 22.3 Å². The molecule has 0 saturated heterocycles. The van der Waals surface area contributed by atoms with E-state index in [0.29, 0.717) is 0 Å². The second-order valence-corrected chi connectivity index (χ2v) is 3.93. The zero-order chi connectivity index (χ0) is 10.8. The Morgan fingerprint density at radius 3 is 2.31 bits per heavy atom. The Morgan fingerprint density at radius 2 is 1.56 bits per heavy atom. The molecule has 1 aromatic carbocycles. The van der Waals surface area contributed by atoms with Gasteiger partial charge in [-0.2, -0.15) is 5.57 Å². The van der Waals surface area contributed by atoms with Gasteiger partial charge in [-0.1, -0.05) is 36.4 Å². The third-order valence-electron chi connectivity index (χ3n) is 2.86. The van der Waals surface area contributed by atoms with E-state index in [2.05, 4.69) is 67.5 Å². The second kappa shape index (κ2) is 3.82. The van der Waals surface area contributed by atoms with Crippen LogP contribution in [0.3, 0.4) is 0 Å². The van der Waals surface area contributed by atoms with Gasteiger partial charge in [-0.15, -0.1) is 12.2 Å². The summed E-state index contributed by atoms with van der Waals surface area (Å²) in [5.74, 6) is 0. The lowest BCUT2D eigenvalue weighted by molar-refractivity contribution is 1.51. The standard InChI is InChI=1S/C16H12/c1-2-6-13(7-3-1)15-10-11-16(12-15)14-8-4-5-9-14/h1-12H/q-2. The van der Waals surface area contributed by atoms with Crippen molar-refractivity contribution in [2.24, 2.45) is 0 Å². The van der Waals surface area contributed by atoms with Crippen LogP contribution in [0.2, 0.25) is 0 Å². The van der Waals surface area contributed by atoms with Crippen molar-refractivity contribution in [3.8, 4) is 0 Å². The monoisotopic (exact) mass is 204 g/mol. The van der Waals surface area contributed by atoms with Crippen LogP contribution in [0.25, 0.3) is 5.57 Å². The Balaban J connectivity index is 1.94. The fourth-order valence-electron chi connectivity index (χ4n) is 2.00. The van der Waals surface area contributed by atoms with Crippen molar-refractivity contribution in [3.63, 3.8) is 0 Å². The van der Waals surface area contributed by atoms with E-state index in [9.17, 15) is 0 Å². The van der Waals surface area contributed by atoms with Crippen LogP contribution < -0.4 is 0 Å². The molecule has 0 spiro atoms. The van der Waals surface area contributed by atoms with Crippen LogP contribution >= 0.6 is 0 Å². The van der Waals surface area contributed by atoms with Crippen LogP contribution in [0, 0.1) is 12.8 Å². The van der Waals surface area contributed by atoms with E-state index in [-0.39, 0.29) is 0 Å². The van der Waals surface area contributed by atoms with Crippen molar-refractivity contribution in [3.05, 3.63) is 90.3 Å². The summed E-state index contributed by atoms with van der Waals surface area (Å²) in [6, 6.07) is 10.5. The predicted molar refractivity (Wildman–Crippen MR) is 68.3 cm³/mol. The molecular formula is C16H12-2. The maximum Gasteiger partial charge on any atom is -0.0200 e. The molecule has 0 aromatic heterocycles. The molecule has 0 aliphatic heterocycles. The molecule has 0 fully saturated rings. The van der Waals surface area contributed by atoms with Crippen LogP contribution in [0.15, 0.2) is 71.9 Å². The van der Waals surface area contributed by atoms with Crippen LogP contribution in [0.1, 0.15) is 5.56 Å². The van der Waals surface area contributed by atoms with Gasteiger partial charge in [-0.3, -0.25) is 11.6 Å². The quantitative estimate of drug-likeness (QED) is 0.608. The largest absolute Gasteiger partial charge is 0.303 e. The predicted octanol–water partition coefficient (Wildman–Crippen LogP) is 3.91. The van der Waals surface area contributed by atoms with Gasteiger partial charge in [0.15, 0.2) is 0 Å². The number of hydrogen-bond acceptors (Lipinski definition) is 0. The van der Waals surface area contributed by atoms with Gasteiger partial charge in [0.1, 0.15) is 0 Å². The Morgan fingerprint density at radius 1 is 0.812 bits per heavy atom. The molecule has 2 aliphatic rings. The van der Waals surface area contributed by atoms with Gasteiger partial charge in [0.25, 0.3) is 0 Å². The molecule has 16 heavy (non-hydrogen) atoms. The molecule has 3 rings (SSSR count). The number of benzene rings is 1. The maximum atomic E-state index is 2.24. The Bertz CT molecular complexity index is 500. The van der Waals surface area contributed by atoms with E-state index in [4.69, 9.17) is 0 Å². The van der Waals surface area contributed by atoms with E-state index in [0.717, 1.165) is 0 Å². The summed E-state index contributed by atoms with van der Waals surface area (Å²) in [4.78, 5) is 0. The molecule has 0 atom stereocenters. The zero-order valence-corrected chi connectivity index (χ0v) is 8.93. The van der Waals surface area contributed by atoms with Crippen molar-refractivity contribution in [2.45, 2.75) is 0 Å². The van der Waals surface area contributed by atoms with Crippen molar-refractivity contribution in [1.82, 2.24) is 0 Å². The zero-order valence-electron chi connectivity index (χ0n) is 8.93. The first-order chi connectivity index (χ1) is 7.93. The summed E-state index contributed by atoms with van der Waals surface area (Å²) in [6.45, 7) is 0. The van der Waals surface area contributed by atoms with Gasteiger partial charge in [0, 0.05) is 0 Å². The molecule has 0 heteroatoms. The number of hydrogen-bond donors (Lipinski definition) is 0.